The third-order valence-electron chi connectivity index (χ3n) is 5.13. The molecule has 0 aromatic heterocycles. The maximum absolute atomic E-state index is 13.5. The molecule has 1 aliphatic rings. The fourth-order valence-corrected chi connectivity index (χ4v) is 3.80. The number of halogens is 2. The third kappa shape index (κ3) is 4.81. The number of hydrogen-bond acceptors (Lipinski definition) is 3. The molecule has 1 fully saturated rings. The van der Waals surface area contributed by atoms with Crippen LogP contribution in [-0.2, 0) is 9.59 Å². The average Bonchev–Trinajstić information content (AvgIpc) is 2.69. The minimum Gasteiger partial charge on any atom is -0.349 e. The Labute approximate surface area is 163 Å². The Bertz CT molecular complexity index is 776. The number of Topliss-reactive ketones (excluding diaryl/α,β-unsaturated/α-hetero) is 1. The van der Waals surface area contributed by atoms with Crippen LogP contribution in [0.3, 0.4) is 0 Å². The third-order valence-corrected chi connectivity index (χ3v) is 5.13. The molecule has 4 nitrogen and oxygen atoms in total. The maximum atomic E-state index is 13.5. The van der Waals surface area contributed by atoms with Crippen LogP contribution in [0.2, 0.25) is 0 Å². The van der Waals surface area contributed by atoms with Crippen LogP contribution < -0.4 is 5.32 Å². The molecule has 0 spiro atoms. The van der Waals surface area contributed by atoms with E-state index in [2.05, 4.69) is 10.2 Å². The zero-order valence-electron chi connectivity index (χ0n) is 15.8. The Balaban J connectivity index is 1.96. The van der Waals surface area contributed by atoms with E-state index in [1.165, 1.54) is 31.2 Å². The molecule has 6 heteroatoms. The van der Waals surface area contributed by atoms with Gasteiger partial charge in [-0.2, -0.15) is 0 Å². The van der Waals surface area contributed by atoms with Crippen molar-refractivity contribution in [1.82, 2.24) is 10.2 Å². The highest BCUT2D eigenvalue weighted by atomic mass is 19.1. The molecule has 28 heavy (non-hydrogen) atoms. The van der Waals surface area contributed by atoms with Gasteiger partial charge in [0.15, 0.2) is 5.78 Å². The number of amides is 1. The highest BCUT2D eigenvalue weighted by molar-refractivity contribution is 5.89. The van der Waals surface area contributed by atoms with Crippen LogP contribution in [0.4, 0.5) is 8.78 Å². The number of piperidine rings is 1. The second-order valence-corrected chi connectivity index (χ2v) is 7.13. The van der Waals surface area contributed by atoms with Gasteiger partial charge in [-0.05, 0) is 54.8 Å². The molecule has 1 aliphatic heterocycles. The van der Waals surface area contributed by atoms with E-state index in [9.17, 15) is 18.4 Å². The van der Waals surface area contributed by atoms with Crippen LogP contribution >= 0.6 is 0 Å². The summed E-state index contributed by atoms with van der Waals surface area (Å²) < 4.78 is 26.9. The van der Waals surface area contributed by atoms with Crippen molar-refractivity contribution in [2.75, 3.05) is 13.1 Å². The molecule has 0 saturated carbocycles. The molecule has 0 radical (unpaired) electrons. The molecule has 2 aromatic carbocycles. The average molecular weight is 386 g/mol. The Hall–Kier alpha value is -2.60. The predicted molar refractivity (Wildman–Crippen MR) is 103 cm³/mol. The molecule has 3 rings (SSSR count). The summed E-state index contributed by atoms with van der Waals surface area (Å²) in [5, 5.41) is 2.58. The van der Waals surface area contributed by atoms with E-state index in [0.717, 1.165) is 24.0 Å². The number of likely N-dealkylation sites (tertiary alicyclic amines) is 1. The molecule has 148 valence electrons. The Morgan fingerprint density at radius 1 is 1.00 bits per heavy atom. The van der Waals surface area contributed by atoms with E-state index in [1.54, 1.807) is 24.3 Å². The summed E-state index contributed by atoms with van der Waals surface area (Å²) in [7, 11) is 0. The fraction of sp³-hybridized carbons (Fsp3) is 0.364. The van der Waals surface area contributed by atoms with Gasteiger partial charge in [-0.15, -0.1) is 0 Å². The van der Waals surface area contributed by atoms with Crippen molar-refractivity contribution in [2.24, 2.45) is 0 Å². The number of carbonyl (C=O) groups is 2. The van der Waals surface area contributed by atoms with E-state index >= 15 is 0 Å². The fourth-order valence-electron chi connectivity index (χ4n) is 3.80. The topological polar surface area (TPSA) is 49.4 Å². The highest BCUT2D eigenvalue weighted by Crippen LogP contribution is 2.34. The van der Waals surface area contributed by atoms with Gasteiger partial charge in [0.1, 0.15) is 11.6 Å². The highest BCUT2D eigenvalue weighted by Gasteiger charge is 2.34. The molecular weight excluding hydrogens is 362 g/mol. The quantitative estimate of drug-likeness (QED) is 0.825. The van der Waals surface area contributed by atoms with Gasteiger partial charge in [-0.3, -0.25) is 14.5 Å². The summed E-state index contributed by atoms with van der Waals surface area (Å²) in [6.07, 6.45) is 2.55. The molecule has 1 heterocycles. The van der Waals surface area contributed by atoms with Crippen LogP contribution in [0.5, 0.6) is 0 Å². The molecule has 1 N–H and O–H groups in total. The minimum atomic E-state index is -0.360. The first-order valence-electron chi connectivity index (χ1n) is 9.49. The minimum absolute atomic E-state index is 0.0178. The van der Waals surface area contributed by atoms with E-state index in [1.807, 2.05) is 0 Å². The van der Waals surface area contributed by atoms with Crippen LogP contribution in [0.1, 0.15) is 43.4 Å². The number of nitrogens with zero attached hydrogens (tertiary/aromatic N) is 1. The summed E-state index contributed by atoms with van der Waals surface area (Å²) in [4.78, 5) is 26.1. The van der Waals surface area contributed by atoms with Gasteiger partial charge >= 0.3 is 0 Å². The molecule has 2 aromatic rings. The predicted octanol–water partition coefficient (Wildman–Crippen LogP) is 3.61. The van der Waals surface area contributed by atoms with E-state index < -0.39 is 0 Å². The van der Waals surface area contributed by atoms with Crippen LogP contribution in [-0.4, -0.2) is 35.7 Å². The molecule has 1 unspecified atom stereocenters. The number of nitrogens with one attached hydrogen (secondary N) is 1. The van der Waals surface area contributed by atoms with Crippen molar-refractivity contribution in [2.45, 2.75) is 38.3 Å². The summed E-state index contributed by atoms with van der Waals surface area (Å²) >= 11 is 0. The lowest BCUT2D eigenvalue weighted by Gasteiger charge is -2.41. The first-order chi connectivity index (χ1) is 13.5. The van der Waals surface area contributed by atoms with Crippen LogP contribution in [0, 0.1) is 11.6 Å². The van der Waals surface area contributed by atoms with Gasteiger partial charge in [-0.25, -0.2) is 8.78 Å². The molecule has 1 saturated heterocycles. The standard InChI is InChI=1S/C22H24F2N2O2/c1-15(27)25-14-21(28)20-4-2-3-13-26(20)22(16-5-9-18(23)10-6-16)17-7-11-19(24)12-8-17/h5-12,20,22H,2-4,13-14H2,1H3,(H,25,27). The monoisotopic (exact) mass is 386 g/mol. The van der Waals surface area contributed by atoms with Gasteiger partial charge in [0, 0.05) is 6.92 Å². The smallest absolute Gasteiger partial charge is 0.217 e. The number of rotatable bonds is 6. The van der Waals surface area contributed by atoms with Crippen molar-refractivity contribution in [1.29, 1.82) is 0 Å². The lowest BCUT2D eigenvalue weighted by Crippen LogP contribution is -2.49. The van der Waals surface area contributed by atoms with Crippen molar-refractivity contribution in [3.05, 3.63) is 71.3 Å². The molecule has 1 amide bonds. The SMILES string of the molecule is CC(=O)NCC(=O)C1CCCCN1C(c1ccc(F)cc1)c1ccc(F)cc1. The second-order valence-electron chi connectivity index (χ2n) is 7.13. The van der Waals surface area contributed by atoms with Crippen molar-refractivity contribution in [3.8, 4) is 0 Å². The van der Waals surface area contributed by atoms with E-state index in [4.69, 9.17) is 0 Å². The maximum Gasteiger partial charge on any atom is 0.217 e. The molecule has 0 aliphatic carbocycles. The van der Waals surface area contributed by atoms with Crippen molar-refractivity contribution < 1.29 is 18.4 Å². The number of ketones is 1. The van der Waals surface area contributed by atoms with E-state index in [-0.39, 0.29) is 42.0 Å². The first-order valence-corrected chi connectivity index (χ1v) is 9.49. The van der Waals surface area contributed by atoms with Crippen molar-refractivity contribution >= 4 is 11.7 Å². The zero-order chi connectivity index (χ0) is 20.1. The van der Waals surface area contributed by atoms with Gasteiger partial charge in [0.05, 0.1) is 18.6 Å². The lowest BCUT2D eigenvalue weighted by atomic mass is 9.90. The lowest BCUT2D eigenvalue weighted by molar-refractivity contribution is -0.128. The van der Waals surface area contributed by atoms with Crippen molar-refractivity contribution in [3.63, 3.8) is 0 Å². The van der Waals surface area contributed by atoms with Gasteiger partial charge in [0.2, 0.25) is 5.91 Å². The molecular formula is C22H24F2N2O2. The largest absolute Gasteiger partial charge is 0.349 e. The summed E-state index contributed by atoms with van der Waals surface area (Å²) in [5.74, 6) is -0.967. The number of carbonyl (C=O) groups excluding carboxylic acids is 2. The Morgan fingerprint density at radius 2 is 1.54 bits per heavy atom. The zero-order valence-corrected chi connectivity index (χ0v) is 15.8. The normalized spacial score (nSPS) is 17.5. The van der Waals surface area contributed by atoms with Gasteiger partial charge in [-0.1, -0.05) is 30.7 Å². The van der Waals surface area contributed by atoms with Gasteiger partial charge in [0.25, 0.3) is 0 Å². The van der Waals surface area contributed by atoms with Crippen LogP contribution in [0.25, 0.3) is 0 Å². The summed E-state index contributed by atoms with van der Waals surface area (Å²) in [6, 6.07) is 11.7. The number of hydrogen-bond donors (Lipinski definition) is 1. The molecule has 0 bridgehead atoms. The Kier molecular flexibility index (Phi) is 6.52. The van der Waals surface area contributed by atoms with Crippen LogP contribution in [0.15, 0.2) is 48.5 Å². The summed E-state index contributed by atoms with van der Waals surface area (Å²) in [6.45, 7) is 2.05. The summed E-state index contributed by atoms with van der Waals surface area (Å²) in [5.41, 5.74) is 1.68. The van der Waals surface area contributed by atoms with E-state index in [0.29, 0.717) is 13.0 Å². The number of benzene rings is 2. The Morgan fingerprint density at radius 3 is 2.04 bits per heavy atom. The molecule has 1 atom stereocenters. The first kappa shape index (κ1) is 20.1. The second kappa shape index (κ2) is 9.06. The van der Waals surface area contributed by atoms with Gasteiger partial charge < -0.3 is 5.32 Å².